The first-order valence-corrected chi connectivity index (χ1v) is 17.3. The molecule has 48 heavy (non-hydrogen) atoms. The van der Waals surface area contributed by atoms with Gasteiger partial charge in [0.05, 0.1) is 6.04 Å². The summed E-state index contributed by atoms with van der Waals surface area (Å²) >= 11 is 1.63. The molecule has 0 radical (unpaired) electrons. The molecule has 2 aliphatic heterocycles. The minimum absolute atomic E-state index is 0.0673. The van der Waals surface area contributed by atoms with Gasteiger partial charge in [0.2, 0.25) is 17.6 Å². The number of thiophene rings is 1. The average Bonchev–Trinajstić information content (AvgIpc) is 3.53. The number of aromatic nitrogens is 4. The molecule has 6 rings (SSSR count). The van der Waals surface area contributed by atoms with Gasteiger partial charge < -0.3 is 25.4 Å². The quantitative estimate of drug-likeness (QED) is 0.328. The van der Waals surface area contributed by atoms with Crippen LogP contribution in [0.3, 0.4) is 0 Å². The van der Waals surface area contributed by atoms with Gasteiger partial charge in [0.1, 0.15) is 23.2 Å². The lowest BCUT2D eigenvalue weighted by Gasteiger charge is -2.30. The Morgan fingerprint density at radius 1 is 1.12 bits per heavy atom. The van der Waals surface area contributed by atoms with Crippen LogP contribution in [0.4, 0.5) is 4.79 Å². The molecule has 0 bridgehead atoms. The molecular weight excluding hydrogens is 634 g/mol. The Labute approximate surface area is 282 Å². The van der Waals surface area contributed by atoms with Crippen molar-refractivity contribution in [3.63, 3.8) is 0 Å². The van der Waals surface area contributed by atoms with Crippen LogP contribution >= 0.6 is 11.3 Å². The zero-order valence-electron chi connectivity index (χ0n) is 27.3. The Morgan fingerprint density at radius 3 is 2.69 bits per heavy atom. The van der Waals surface area contributed by atoms with Crippen molar-refractivity contribution in [1.82, 2.24) is 35.7 Å². The van der Waals surface area contributed by atoms with Crippen LogP contribution in [0.5, 0.6) is 0 Å². The lowest BCUT2D eigenvalue weighted by molar-refractivity contribution is -0.145. The Balaban J connectivity index is 1.29. The van der Waals surface area contributed by atoms with E-state index in [9.17, 15) is 24.3 Å². The third-order valence-electron chi connectivity index (χ3n) is 9.01. The van der Waals surface area contributed by atoms with E-state index in [1.54, 1.807) is 32.1 Å². The zero-order chi connectivity index (χ0) is 34.1. The summed E-state index contributed by atoms with van der Waals surface area (Å²) in [6, 6.07) is 9.35. The number of hydrogen-bond acceptors (Lipinski definition) is 9. The van der Waals surface area contributed by atoms with E-state index >= 15 is 0 Å². The molecule has 2 fully saturated rings. The summed E-state index contributed by atoms with van der Waals surface area (Å²) in [4.78, 5) is 57.4. The van der Waals surface area contributed by atoms with E-state index in [-0.39, 0.29) is 25.3 Å². The molecule has 14 heteroatoms. The molecule has 3 N–H and O–H groups in total. The molecule has 0 unspecified atom stereocenters. The number of nitrogens with zero attached hydrogens (tertiary/aromatic N) is 5. The van der Waals surface area contributed by atoms with E-state index in [4.69, 9.17) is 4.74 Å². The number of carbonyl (C=O) groups is 4. The minimum atomic E-state index is -1.43. The number of carboxylic acid groups (broad SMARTS) is 1. The summed E-state index contributed by atoms with van der Waals surface area (Å²) in [6.45, 7) is 5.29. The van der Waals surface area contributed by atoms with Crippen LogP contribution in [0, 0.1) is 5.92 Å². The van der Waals surface area contributed by atoms with Gasteiger partial charge in [-0.1, -0.05) is 49.3 Å². The van der Waals surface area contributed by atoms with Crippen molar-refractivity contribution in [2.24, 2.45) is 5.92 Å². The number of benzene rings is 1. The number of amides is 3. The Bertz CT molecular complexity index is 1700. The molecule has 5 atom stereocenters. The standard InChI is InChI=1S/C34H41N7O6S/c1-33(2,3)47-32(46)35-25-14-8-6-4-5-7-13-23-19-34(23,31(44)45)36-29(42)26-18-24(20-40(26)30(25)43)41-38-28(37-39-41)22-12-9-11-21(17-22)27-15-10-16-48-27/h7,9-13,15-17,23-26H,4-6,8,14,18-20H2,1-3H3,(H,35,46)(H,36,42)(H,44,45)/b13-7-/t23-,24-,25+,26+,34-/m1/s1. The van der Waals surface area contributed by atoms with E-state index in [1.165, 1.54) is 9.70 Å². The minimum Gasteiger partial charge on any atom is -0.479 e. The summed E-state index contributed by atoms with van der Waals surface area (Å²) in [6.07, 6.45) is 6.93. The highest BCUT2D eigenvalue weighted by Gasteiger charge is 2.61. The number of alkyl carbamates (subject to hydrolysis) is 1. The number of fused-ring (bicyclic) bond motifs is 2. The molecule has 3 aliphatic rings. The molecule has 3 amide bonds. The molecule has 4 heterocycles. The topological polar surface area (TPSA) is 169 Å². The van der Waals surface area contributed by atoms with Gasteiger partial charge in [-0.25, -0.2) is 9.59 Å². The largest absolute Gasteiger partial charge is 0.479 e. The fraction of sp³-hybridized carbons (Fsp3) is 0.500. The number of aliphatic carboxylic acids is 1. The fourth-order valence-corrected chi connectivity index (χ4v) is 7.17. The number of allylic oxidation sites excluding steroid dienone is 1. The van der Waals surface area contributed by atoms with Crippen molar-refractivity contribution in [1.29, 1.82) is 0 Å². The molecule has 1 aliphatic carbocycles. The summed E-state index contributed by atoms with van der Waals surface area (Å²) in [5.74, 6) is -2.07. The number of rotatable bonds is 5. The summed E-state index contributed by atoms with van der Waals surface area (Å²) in [7, 11) is 0. The van der Waals surface area contributed by atoms with E-state index in [0.29, 0.717) is 18.7 Å². The SMILES string of the molecule is CC(C)(C)OC(=O)N[C@H]1CCCCC/C=C\[C@@H]2C[C@@]2(C(=O)O)NC(=O)[C@@H]2C[C@@H](n3nnc(-c4cccc(-c5cccs5)c4)n3)CN2C1=O. The molecule has 2 aromatic heterocycles. The average molecular weight is 676 g/mol. The number of tetrazole rings is 1. The van der Waals surface area contributed by atoms with Gasteiger partial charge in [0, 0.05) is 29.3 Å². The van der Waals surface area contributed by atoms with E-state index < -0.39 is 53.1 Å². The molecule has 1 saturated heterocycles. The first-order valence-electron chi connectivity index (χ1n) is 16.4. The van der Waals surface area contributed by atoms with E-state index in [2.05, 4.69) is 26.0 Å². The number of carbonyl (C=O) groups excluding carboxylic acids is 3. The number of hydrogen-bond donors (Lipinski definition) is 3. The second-order valence-electron chi connectivity index (χ2n) is 13.7. The summed E-state index contributed by atoms with van der Waals surface area (Å²) < 4.78 is 5.47. The number of nitrogens with one attached hydrogen (secondary N) is 2. The Hall–Kier alpha value is -4.59. The van der Waals surface area contributed by atoms with Gasteiger partial charge in [-0.2, -0.15) is 4.80 Å². The van der Waals surface area contributed by atoms with Crippen LogP contribution < -0.4 is 10.6 Å². The lowest BCUT2D eigenvalue weighted by atomic mass is 10.0. The first kappa shape index (κ1) is 33.3. The monoisotopic (exact) mass is 675 g/mol. The lowest BCUT2D eigenvalue weighted by Crippen LogP contribution is -2.56. The van der Waals surface area contributed by atoms with Gasteiger partial charge in [-0.05, 0) is 74.7 Å². The maximum atomic E-state index is 14.3. The van der Waals surface area contributed by atoms with Gasteiger partial charge in [0.15, 0.2) is 0 Å². The molecule has 1 aromatic carbocycles. The maximum absolute atomic E-state index is 14.3. The third-order valence-corrected chi connectivity index (χ3v) is 9.93. The van der Waals surface area contributed by atoms with Crippen molar-refractivity contribution in [2.45, 2.75) is 95.0 Å². The van der Waals surface area contributed by atoms with Crippen LogP contribution in [0.1, 0.15) is 71.8 Å². The second kappa shape index (κ2) is 13.5. The second-order valence-corrected chi connectivity index (χ2v) is 14.7. The molecule has 0 spiro atoms. The van der Waals surface area contributed by atoms with Crippen molar-refractivity contribution in [2.75, 3.05) is 6.54 Å². The highest BCUT2D eigenvalue weighted by Crippen LogP contribution is 2.45. The number of carboxylic acids is 1. The summed E-state index contributed by atoms with van der Waals surface area (Å²) in [5.41, 5.74) is -0.406. The van der Waals surface area contributed by atoms with Crippen molar-refractivity contribution in [3.05, 3.63) is 53.9 Å². The molecule has 1 saturated carbocycles. The highest BCUT2D eigenvalue weighted by molar-refractivity contribution is 7.13. The first-order chi connectivity index (χ1) is 22.9. The normalized spacial score (nSPS) is 27.1. The van der Waals surface area contributed by atoms with Gasteiger partial charge in [-0.3, -0.25) is 9.59 Å². The highest BCUT2D eigenvalue weighted by atomic mass is 32.1. The van der Waals surface area contributed by atoms with Crippen LogP contribution in [-0.4, -0.2) is 83.9 Å². The fourth-order valence-electron chi connectivity index (χ4n) is 6.44. The van der Waals surface area contributed by atoms with Gasteiger partial charge >= 0.3 is 12.1 Å². The smallest absolute Gasteiger partial charge is 0.408 e. The Morgan fingerprint density at radius 2 is 1.94 bits per heavy atom. The van der Waals surface area contributed by atoms with Crippen molar-refractivity contribution < 1.29 is 29.0 Å². The van der Waals surface area contributed by atoms with Crippen LogP contribution in [-0.2, 0) is 19.1 Å². The van der Waals surface area contributed by atoms with Crippen molar-refractivity contribution in [3.8, 4) is 21.8 Å². The summed E-state index contributed by atoms with van der Waals surface area (Å²) in [5, 5.41) is 30.9. The van der Waals surface area contributed by atoms with E-state index in [0.717, 1.165) is 35.3 Å². The van der Waals surface area contributed by atoms with E-state index in [1.807, 2.05) is 53.9 Å². The molecule has 254 valence electrons. The van der Waals surface area contributed by atoms with Crippen molar-refractivity contribution >= 4 is 35.2 Å². The zero-order valence-corrected chi connectivity index (χ0v) is 28.1. The van der Waals surface area contributed by atoms with Crippen LogP contribution in [0.25, 0.3) is 21.8 Å². The predicted molar refractivity (Wildman–Crippen MR) is 178 cm³/mol. The predicted octanol–water partition coefficient (Wildman–Crippen LogP) is 4.58. The molecule has 3 aromatic rings. The molecule has 13 nitrogen and oxygen atoms in total. The Kier molecular flexibility index (Phi) is 9.37. The van der Waals surface area contributed by atoms with Crippen LogP contribution in [0.2, 0.25) is 0 Å². The van der Waals surface area contributed by atoms with Gasteiger partial charge in [0.25, 0.3) is 0 Å². The van der Waals surface area contributed by atoms with Crippen LogP contribution in [0.15, 0.2) is 53.9 Å². The molecular formula is C34H41N7O6S. The third kappa shape index (κ3) is 7.28. The van der Waals surface area contributed by atoms with Gasteiger partial charge in [-0.15, -0.1) is 21.5 Å². The number of ether oxygens (including phenoxy) is 1. The maximum Gasteiger partial charge on any atom is 0.408 e.